The van der Waals surface area contributed by atoms with Crippen LogP contribution in [0, 0.1) is 0 Å². The molecule has 0 aliphatic carbocycles. The van der Waals surface area contributed by atoms with Gasteiger partial charge in [0.1, 0.15) is 0 Å². The predicted octanol–water partition coefficient (Wildman–Crippen LogP) is 5.87. The Morgan fingerprint density at radius 3 is 2.08 bits per heavy atom. The molecule has 3 aromatic carbocycles. The van der Waals surface area contributed by atoms with Gasteiger partial charge < -0.3 is 10.0 Å². The Kier molecular flexibility index (Phi) is 4.67. The van der Waals surface area contributed by atoms with Crippen LogP contribution in [-0.4, -0.2) is 11.1 Å². The van der Waals surface area contributed by atoms with E-state index in [-0.39, 0.29) is 16.9 Å². The maximum absolute atomic E-state index is 13.1. The summed E-state index contributed by atoms with van der Waals surface area (Å²) in [5, 5.41) is 9.49. The van der Waals surface area contributed by atoms with Crippen LogP contribution in [0.4, 0.5) is 30.2 Å². The number of alkyl halides is 3. The maximum atomic E-state index is 13.1. The van der Waals surface area contributed by atoms with E-state index in [0.29, 0.717) is 5.69 Å². The monoisotopic (exact) mass is 357 g/mol. The van der Waals surface area contributed by atoms with E-state index in [0.717, 1.165) is 12.1 Å². The van der Waals surface area contributed by atoms with Crippen molar-refractivity contribution >= 4 is 23.0 Å². The Bertz CT molecular complexity index is 924. The first-order valence-corrected chi connectivity index (χ1v) is 7.72. The van der Waals surface area contributed by atoms with Crippen molar-refractivity contribution in [2.75, 3.05) is 4.90 Å². The summed E-state index contributed by atoms with van der Waals surface area (Å²) in [4.78, 5) is 13.1. The highest BCUT2D eigenvalue weighted by Gasteiger charge is 2.31. The Morgan fingerprint density at radius 2 is 1.42 bits per heavy atom. The van der Waals surface area contributed by atoms with Crippen LogP contribution in [0.25, 0.3) is 0 Å². The summed E-state index contributed by atoms with van der Waals surface area (Å²) >= 11 is 0. The smallest absolute Gasteiger partial charge is 0.416 e. The molecule has 3 aromatic rings. The van der Waals surface area contributed by atoms with Crippen LogP contribution >= 0.6 is 0 Å². The van der Waals surface area contributed by atoms with Gasteiger partial charge >= 0.3 is 12.1 Å². The van der Waals surface area contributed by atoms with Crippen molar-refractivity contribution in [1.82, 2.24) is 0 Å². The topological polar surface area (TPSA) is 40.5 Å². The zero-order valence-corrected chi connectivity index (χ0v) is 13.4. The van der Waals surface area contributed by atoms with Gasteiger partial charge in [0.05, 0.1) is 16.8 Å². The van der Waals surface area contributed by atoms with E-state index in [1.807, 2.05) is 0 Å². The molecule has 0 saturated carbocycles. The number of carboxylic acid groups (broad SMARTS) is 1. The quantitative estimate of drug-likeness (QED) is 0.634. The molecule has 0 aliphatic heterocycles. The molecule has 0 spiro atoms. The molecule has 6 heteroatoms. The normalized spacial score (nSPS) is 11.2. The number of anilines is 3. The number of nitrogens with zero attached hydrogens (tertiary/aromatic N) is 1. The lowest BCUT2D eigenvalue weighted by Crippen LogP contribution is -2.15. The zero-order valence-electron chi connectivity index (χ0n) is 13.4. The third-order valence-corrected chi connectivity index (χ3v) is 3.82. The van der Waals surface area contributed by atoms with Crippen LogP contribution in [0.15, 0.2) is 78.9 Å². The molecule has 3 rings (SSSR count). The van der Waals surface area contributed by atoms with E-state index in [1.54, 1.807) is 48.5 Å². The van der Waals surface area contributed by atoms with Crippen LogP contribution < -0.4 is 4.90 Å². The van der Waals surface area contributed by atoms with Crippen molar-refractivity contribution in [1.29, 1.82) is 0 Å². The number of benzene rings is 3. The standard InChI is InChI=1S/C20H14F3NO2/c21-20(22,23)14-7-6-10-16(13-14)24(15-8-2-1-3-9-15)18-12-5-4-11-17(18)19(25)26/h1-13H,(H,25,26). The number of hydrogen-bond acceptors (Lipinski definition) is 2. The van der Waals surface area contributed by atoms with Crippen LogP contribution in [0.3, 0.4) is 0 Å². The van der Waals surface area contributed by atoms with Gasteiger partial charge in [-0.2, -0.15) is 13.2 Å². The minimum atomic E-state index is -4.50. The van der Waals surface area contributed by atoms with Crippen LogP contribution in [0.1, 0.15) is 15.9 Å². The fraction of sp³-hybridized carbons (Fsp3) is 0.0500. The van der Waals surface area contributed by atoms with Crippen LogP contribution in [-0.2, 0) is 6.18 Å². The molecule has 0 heterocycles. The number of hydrogen-bond donors (Lipinski definition) is 1. The summed E-state index contributed by atoms with van der Waals surface area (Å²) in [6, 6.07) is 19.7. The number of carboxylic acids is 1. The van der Waals surface area contributed by atoms with Crippen molar-refractivity contribution in [3.8, 4) is 0 Å². The maximum Gasteiger partial charge on any atom is 0.416 e. The summed E-state index contributed by atoms with van der Waals surface area (Å²) in [5.74, 6) is -1.16. The van der Waals surface area contributed by atoms with Crippen molar-refractivity contribution in [3.63, 3.8) is 0 Å². The Hall–Kier alpha value is -3.28. The fourth-order valence-corrected chi connectivity index (χ4v) is 2.68. The molecule has 1 N–H and O–H groups in total. The summed E-state index contributed by atoms with van der Waals surface area (Å²) in [7, 11) is 0. The third-order valence-electron chi connectivity index (χ3n) is 3.82. The molecule has 0 bridgehead atoms. The lowest BCUT2D eigenvalue weighted by atomic mass is 10.1. The number of carbonyl (C=O) groups is 1. The first-order chi connectivity index (χ1) is 12.4. The molecule has 0 radical (unpaired) electrons. The molecule has 132 valence electrons. The second-order valence-corrected chi connectivity index (χ2v) is 5.54. The Balaban J connectivity index is 2.23. The number of rotatable bonds is 4. The molecular formula is C20H14F3NO2. The minimum absolute atomic E-state index is 0.00577. The molecule has 0 aliphatic rings. The molecule has 26 heavy (non-hydrogen) atoms. The first-order valence-electron chi connectivity index (χ1n) is 7.72. The van der Waals surface area contributed by atoms with E-state index in [4.69, 9.17) is 0 Å². The minimum Gasteiger partial charge on any atom is -0.478 e. The highest BCUT2D eigenvalue weighted by molar-refractivity contribution is 5.97. The van der Waals surface area contributed by atoms with Gasteiger partial charge in [-0.05, 0) is 42.5 Å². The molecule has 3 nitrogen and oxygen atoms in total. The summed E-state index contributed by atoms with van der Waals surface area (Å²) < 4.78 is 39.4. The molecule has 0 unspecified atom stereocenters. The second-order valence-electron chi connectivity index (χ2n) is 5.54. The van der Waals surface area contributed by atoms with E-state index in [2.05, 4.69) is 0 Å². The number of aromatic carboxylic acids is 1. The van der Waals surface area contributed by atoms with Gasteiger partial charge in [-0.1, -0.05) is 36.4 Å². The largest absolute Gasteiger partial charge is 0.478 e. The number of halogens is 3. The van der Waals surface area contributed by atoms with E-state index < -0.39 is 17.7 Å². The third kappa shape index (κ3) is 3.54. The lowest BCUT2D eigenvalue weighted by Gasteiger charge is -2.27. The number of para-hydroxylation sites is 2. The lowest BCUT2D eigenvalue weighted by molar-refractivity contribution is -0.137. The molecule has 0 saturated heterocycles. The molecular weight excluding hydrogens is 343 g/mol. The highest BCUT2D eigenvalue weighted by Crippen LogP contribution is 2.39. The highest BCUT2D eigenvalue weighted by atomic mass is 19.4. The molecule has 0 atom stereocenters. The van der Waals surface area contributed by atoms with Gasteiger partial charge in [-0.25, -0.2) is 4.79 Å². The van der Waals surface area contributed by atoms with Gasteiger partial charge in [-0.3, -0.25) is 0 Å². The van der Waals surface area contributed by atoms with E-state index in [1.165, 1.54) is 23.1 Å². The molecule has 0 aromatic heterocycles. The van der Waals surface area contributed by atoms with Crippen molar-refractivity contribution in [2.24, 2.45) is 0 Å². The van der Waals surface area contributed by atoms with Gasteiger partial charge in [0.15, 0.2) is 0 Å². The van der Waals surface area contributed by atoms with E-state index >= 15 is 0 Å². The first kappa shape index (κ1) is 17.5. The van der Waals surface area contributed by atoms with Crippen LogP contribution in [0.5, 0.6) is 0 Å². The molecule has 0 amide bonds. The van der Waals surface area contributed by atoms with Gasteiger partial charge in [0.2, 0.25) is 0 Å². The van der Waals surface area contributed by atoms with Gasteiger partial charge in [0, 0.05) is 11.4 Å². The Labute approximate surface area is 147 Å². The molecule has 0 fully saturated rings. The average Bonchev–Trinajstić information content (AvgIpc) is 2.63. The summed E-state index contributed by atoms with van der Waals surface area (Å²) in [6.07, 6.45) is -4.50. The van der Waals surface area contributed by atoms with Gasteiger partial charge in [0.25, 0.3) is 0 Å². The van der Waals surface area contributed by atoms with Crippen molar-refractivity contribution < 1.29 is 23.1 Å². The van der Waals surface area contributed by atoms with Crippen LogP contribution in [0.2, 0.25) is 0 Å². The van der Waals surface area contributed by atoms with Crippen molar-refractivity contribution in [2.45, 2.75) is 6.18 Å². The predicted molar refractivity (Wildman–Crippen MR) is 93.1 cm³/mol. The summed E-state index contributed by atoms with van der Waals surface area (Å²) in [5.41, 5.74) is 0.253. The average molecular weight is 357 g/mol. The SMILES string of the molecule is O=C(O)c1ccccc1N(c1ccccc1)c1cccc(C(F)(F)F)c1. The fourth-order valence-electron chi connectivity index (χ4n) is 2.68. The summed E-state index contributed by atoms with van der Waals surface area (Å²) in [6.45, 7) is 0. The second kappa shape index (κ2) is 6.92. The van der Waals surface area contributed by atoms with Crippen molar-refractivity contribution in [3.05, 3.63) is 90.0 Å². The van der Waals surface area contributed by atoms with E-state index in [9.17, 15) is 23.1 Å². The zero-order chi connectivity index (χ0) is 18.7. The Morgan fingerprint density at radius 1 is 0.808 bits per heavy atom. The van der Waals surface area contributed by atoms with Gasteiger partial charge in [-0.15, -0.1) is 0 Å².